The second kappa shape index (κ2) is 6.92. The zero-order valence-corrected chi connectivity index (χ0v) is 13.5. The molecule has 0 aliphatic heterocycles. The Morgan fingerprint density at radius 3 is 2.29 bits per heavy atom. The van der Waals surface area contributed by atoms with Crippen molar-refractivity contribution in [2.24, 2.45) is 0 Å². The molecule has 2 rings (SSSR count). The van der Waals surface area contributed by atoms with Crippen LogP contribution in [0, 0.1) is 6.92 Å². The summed E-state index contributed by atoms with van der Waals surface area (Å²) in [6, 6.07) is 10.2. The number of alkyl halides is 3. The maximum atomic E-state index is 12.5. The van der Waals surface area contributed by atoms with E-state index >= 15 is 0 Å². The second-order valence-electron chi connectivity index (χ2n) is 5.30. The van der Waals surface area contributed by atoms with Gasteiger partial charge in [-0.2, -0.15) is 13.2 Å². The van der Waals surface area contributed by atoms with Crippen molar-refractivity contribution in [2.75, 3.05) is 6.54 Å². The molecule has 0 radical (unpaired) electrons. The molecular formula is C16H16F3NO3S. The van der Waals surface area contributed by atoms with Crippen molar-refractivity contribution < 1.29 is 26.7 Å². The number of rotatable bonds is 5. The first-order chi connectivity index (χ1) is 11.1. The summed E-state index contributed by atoms with van der Waals surface area (Å²) in [5, 5.41) is 9.97. The molecule has 2 N–H and O–H groups in total. The number of aliphatic hydroxyl groups is 1. The van der Waals surface area contributed by atoms with Gasteiger partial charge in [0.1, 0.15) is 0 Å². The minimum absolute atomic E-state index is 0.0575. The van der Waals surface area contributed by atoms with E-state index in [-0.39, 0.29) is 17.0 Å². The Morgan fingerprint density at radius 1 is 1.12 bits per heavy atom. The lowest BCUT2D eigenvalue weighted by molar-refractivity contribution is -0.137. The van der Waals surface area contributed by atoms with E-state index in [1.54, 1.807) is 19.1 Å². The highest BCUT2D eigenvalue weighted by molar-refractivity contribution is 7.89. The Labute approximate surface area is 138 Å². The van der Waals surface area contributed by atoms with Gasteiger partial charge in [-0.15, -0.1) is 0 Å². The molecule has 0 aliphatic rings. The summed E-state index contributed by atoms with van der Waals surface area (Å²) in [6.07, 6.45) is -5.72. The quantitative estimate of drug-likeness (QED) is 0.862. The molecule has 8 heteroatoms. The van der Waals surface area contributed by atoms with Crippen LogP contribution in [0.4, 0.5) is 13.2 Å². The molecule has 130 valence electrons. The molecule has 1 atom stereocenters. The highest BCUT2D eigenvalue weighted by Gasteiger charge is 2.30. The molecule has 0 fully saturated rings. The van der Waals surface area contributed by atoms with E-state index in [2.05, 4.69) is 4.72 Å². The molecule has 0 heterocycles. The van der Waals surface area contributed by atoms with Crippen molar-refractivity contribution in [1.29, 1.82) is 0 Å². The zero-order valence-electron chi connectivity index (χ0n) is 12.7. The fraction of sp³-hybridized carbons (Fsp3) is 0.250. The standard InChI is InChI=1S/C16H16F3NO3S/c1-11-3-2-4-14(9-11)24(22,23)20-10-15(21)12-5-7-13(8-6-12)16(17,18)19/h2-9,15,20-21H,10H2,1H3. The molecule has 0 bridgehead atoms. The van der Waals surface area contributed by atoms with Crippen molar-refractivity contribution >= 4 is 10.0 Å². The largest absolute Gasteiger partial charge is 0.416 e. The normalized spacial score (nSPS) is 13.7. The number of sulfonamides is 1. The number of aliphatic hydroxyl groups excluding tert-OH is 1. The predicted octanol–water partition coefficient (Wildman–Crippen LogP) is 3.03. The summed E-state index contributed by atoms with van der Waals surface area (Å²) in [7, 11) is -3.81. The van der Waals surface area contributed by atoms with E-state index in [1.165, 1.54) is 12.1 Å². The Balaban J connectivity index is 2.06. The summed E-state index contributed by atoms with van der Waals surface area (Å²) in [4.78, 5) is 0.0575. The van der Waals surface area contributed by atoms with Crippen molar-refractivity contribution in [3.63, 3.8) is 0 Å². The fourth-order valence-electron chi connectivity index (χ4n) is 2.07. The van der Waals surface area contributed by atoms with Crippen molar-refractivity contribution in [2.45, 2.75) is 24.1 Å². The summed E-state index contributed by atoms with van der Waals surface area (Å²) in [6.45, 7) is 1.40. The first-order valence-corrected chi connectivity index (χ1v) is 8.49. The van der Waals surface area contributed by atoms with Gasteiger partial charge in [-0.3, -0.25) is 0 Å². The van der Waals surface area contributed by atoms with E-state index in [0.29, 0.717) is 0 Å². The maximum absolute atomic E-state index is 12.5. The summed E-state index contributed by atoms with van der Waals surface area (Å²) >= 11 is 0. The first kappa shape index (κ1) is 18.4. The van der Waals surface area contributed by atoms with E-state index in [0.717, 1.165) is 29.8 Å². The number of benzene rings is 2. The third-order valence-electron chi connectivity index (χ3n) is 3.39. The van der Waals surface area contributed by atoms with Crippen molar-refractivity contribution in [3.8, 4) is 0 Å². The third-order valence-corrected chi connectivity index (χ3v) is 4.81. The summed E-state index contributed by atoms with van der Waals surface area (Å²) in [5.74, 6) is 0. The minimum atomic E-state index is -4.46. The summed E-state index contributed by atoms with van der Waals surface area (Å²) < 4.78 is 64.0. The number of hydrogen-bond donors (Lipinski definition) is 2. The van der Waals surface area contributed by atoms with Crippen LogP contribution in [0.25, 0.3) is 0 Å². The van der Waals surface area contributed by atoms with Crippen LogP contribution in [-0.2, 0) is 16.2 Å². The first-order valence-electron chi connectivity index (χ1n) is 7.01. The van der Waals surface area contributed by atoms with Gasteiger partial charge in [0.15, 0.2) is 0 Å². The number of nitrogens with one attached hydrogen (secondary N) is 1. The van der Waals surface area contributed by atoms with Crippen LogP contribution >= 0.6 is 0 Å². The molecule has 0 saturated heterocycles. The molecule has 2 aromatic rings. The topological polar surface area (TPSA) is 66.4 Å². The van der Waals surface area contributed by atoms with Gasteiger partial charge in [-0.25, -0.2) is 13.1 Å². The maximum Gasteiger partial charge on any atom is 0.416 e. The van der Waals surface area contributed by atoms with Gasteiger partial charge in [-0.05, 0) is 42.3 Å². The average Bonchev–Trinajstić information content (AvgIpc) is 2.52. The van der Waals surface area contributed by atoms with Gasteiger partial charge >= 0.3 is 6.18 Å². The van der Waals surface area contributed by atoms with Crippen molar-refractivity contribution in [1.82, 2.24) is 4.72 Å². The molecule has 0 spiro atoms. The van der Waals surface area contributed by atoms with Crippen LogP contribution < -0.4 is 4.72 Å². The van der Waals surface area contributed by atoms with Gasteiger partial charge in [-0.1, -0.05) is 24.3 Å². The third kappa shape index (κ3) is 4.56. The van der Waals surface area contributed by atoms with Crippen LogP contribution in [0.2, 0.25) is 0 Å². The minimum Gasteiger partial charge on any atom is -0.387 e. The molecule has 4 nitrogen and oxygen atoms in total. The van der Waals surface area contributed by atoms with E-state index < -0.39 is 27.9 Å². The van der Waals surface area contributed by atoms with Gasteiger partial charge < -0.3 is 5.11 Å². The zero-order chi connectivity index (χ0) is 18.0. The highest BCUT2D eigenvalue weighted by atomic mass is 32.2. The molecule has 0 aliphatic carbocycles. The summed E-state index contributed by atoms with van der Waals surface area (Å²) in [5.41, 5.74) is 0.120. The Kier molecular flexibility index (Phi) is 5.32. The molecule has 0 amide bonds. The van der Waals surface area contributed by atoms with Gasteiger partial charge in [0.2, 0.25) is 10.0 Å². The number of hydrogen-bond acceptors (Lipinski definition) is 3. The highest BCUT2D eigenvalue weighted by Crippen LogP contribution is 2.29. The van der Waals surface area contributed by atoms with Gasteiger partial charge in [0.05, 0.1) is 16.6 Å². The Bertz CT molecular complexity index is 802. The van der Waals surface area contributed by atoms with Crippen LogP contribution in [0.3, 0.4) is 0 Å². The second-order valence-corrected chi connectivity index (χ2v) is 7.07. The lowest BCUT2D eigenvalue weighted by Crippen LogP contribution is -2.28. The van der Waals surface area contributed by atoms with Crippen molar-refractivity contribution in [3.05, 3.63) is 65.2 Å². The van der Waals surface area contributed by atoms with Gasteiger partial charge in [0.25, 0.3) is 0 Å². The lowest BCUT2D eigenvalue weighted by Gasteiger charge is -2.14. The monoisotopic (exact) mass is 359 g/mol. The van der Waals surface area contributed by atoms with Crippen LogP contribution in [0.15, 0.2) is 53.4 Å². The van der Waals surface area contributed by atoms with E-state index in [1.807, 2.05) is 0 Å². The van der Waals surface area contributed by atoms with Crippen LogP contribution in [0.1, 0.15) is 22.8 Å². The van der Waals surface area contributed by atoms with Crippen LogP contribution in [-0.4, -0.2) is 20.1 Å². The van der Waals surface area contributed by atoms with E-state index in [4.69, 9.17) is 0 Å². The smallest absolute Gasteiger partial charge is 0.387 e. The molecule has 0 saturated carbocycles. The molecular weight excluding hydrogens is 343 g/mol. The SMILES string of the molecule is Cc1cccc(S(=O)(=O)NCC(O)c2ccc(C(F)(F)F)cc2)c1. The Morgan fingerprint density at radius 2 is 1.75 bits per heavy atom. The van der Waals surface area contributed by atoms with Gasteiger partial charge in [0, 0.05) is 6.54 Å². The lowest BCUT2D eigenvalue weighted by atomic mass is 10.1. The molecule has 0 aromatic heterocycles. The predicted molar refractivity (Wildman–Crippen MR) is 82.8 cm³/mol. The molecule has 24 heavy (non-hydrogen) atoms. The molecule has 1 unspecified atom stereocenters. The fourth-order valence-corrected chi connectivity index (χ4v) is 3.21. The molecule has 2 aromatic carbocycles. The van der Waals surface area contributed by atoms with E-state index in [9.17, 15) is 26.7 Å². The van der Waals surface area contributed by atoms with Crippen LogP contribution in [0.5, 0.6) is 0 Å². The average molecular weight is 359 g/mol. The Hall–Kier alpha value is -1.90. The number of halogens is 3. The number of aryl methyl sites for hydroxylation is 1.